The van der Waals surface area contributed by atoms with E-state index in [1.165, 1.54) is 6.07 Å². The number of hydrogen-bond acceptors (Lipinski definition) is 3. The lowest BCUT2D eigenvalue weighted by atomic mass is 10.0. The van der Waals surface area contributed by atoms with Crippen molar-refractivity contribution in [3.8, 4) is 11.1 Å². The smallest absolute Gasteiger partial charge is 0.320 e. The Hall–Kier alpha value is -2.27. The van der Waals surface area contributed by atoms with Gasteiger partial charge in [-0.1, -0.05) is 26.0 Å². The third-order valence-electron chi connectivity index (χ3n) is 3.51. The molecule has 1 aromatic heterocycles. The summed E-state index contributed by atoms with van der Waals surface area (Å²) in [5.74, 6) is -1.35. The molecule has 2 rings (SSSR count). The van der Waals surface area contributed by atoms with Gasteiger partial charge < -0.3 is 5.11 Å². The summed E-state index contributed by atoms with van der Waals surface area (Å²) in [6.45, 7) is 3.81. The fraction of sp³-hybridized carbons (Fsp3) is 0.294. The molecule has 0 unspecified atom stereocenters. The van der Waals surface area contributed by atoms with Gasteiger partial charge in [0, 0.05) is 24.5 Å². The molecular weight excluding hydrogens is 283 g/mol. The molecule has 22 heavy (non-hydrogen) atoms. The van der Waals surface area contributed by atoms with Gasteiger partial charge in [-0.15, -0.1) is 0 Å². The second-order valence-corrected chi connectivity index (χ2v) is 5.48. The molecule has 1 atom stereocenters. The third kappa shape index (κ3) is 3.89. The second-order valence-electron chi connectivity index (χ2n) is 5.48. The number of aromatic nitrogens is 1. The first-order chi connectivity index (χ1) is 10.5. The van der Waals surface area contributed by atoms with Gasteiger partial charge in [0.05, 0.1) is 0 Å². The van der Waals surface area contributed by atoms with E-state index in [0.29, 0.717) is 5.56 Å². The number of hydrogen-bond donors (Lipinski definition) is 2. The molecule has 116 valence electrons. The minimum atomic E-state index is -0.927. The summed E-state index contributed by atoms with van der Waals surface area (Å²) in [7, 11) is 0. The highest BCUT2D eigenvalue weighted by atomic mass is 19.1. The van der Waals surface area contributed by atoms with Crippen LogP contribution in [0.1, 0.15) is 19.4 Å². The van der Waals surface area contributed by atoms with Crippen molar-refractivity contribution in [3.05, 3.63) is 54.1 Å². The Bertz CT molecular complexity index is 644. The van der Waals surface area contributed by atoms with Crippen molar-refractivity contribution in [3.63, 3.8) is 0 Å². The van der Waals surface area contributed by atoms with E-state index < -0.39 is 12.0 Å². The molecule has 4 nitrogen and oxygen atoms in total. The summed E-state index contributed by atoms with van der Waals surface area (Å²) in [6.07, 6.45) is 3.31. The first kappa shape index (κ1) is 16.1. The topological polar surface area (TPSA) is 62.2 Å². The summed E-state index contributed by atoms with van der Waals surface area (Å²) in [5.41, 5.74) is 2.10. The maximum absolute atomic E-state index is 14.2. The van der Waals surface area contributed by atoms with Crippen molar-refractivity contribution in [1.82, 2.24) is 10.3 Å². The van der Waals surface area contributed by atoms with Gasteiger partial charge in [0.2, 0.25) is 0 Å². The highest BCUT2D eigenvalue weighted by molar-refractivity contribution is 5.73. The van der Waals surface area contributed by atoms with Gasteiger partial charge in [-0.2, -0.15) is 0 Å². The minimum Gasteiger partial charge on any atom is -0.480 e. The third-order valence-corrected chi connectivity index (χ3v) is 3.51. The van der Waals surface area contributed by atoms with Crippen LogP contribution in [0.2, 0.25) is 0 Å². The predicted molar refractivity (Wildman–Crippen MR) is 82.7 cm³/mol. The van der Waals surface area contributed by atoms with Crippen LogP contribution in [0.3, 0.4) is 0 Å². The Kier molecular flexibility index (Phi) is 5.22. The van der Waals surface area contributed by atoms with Crippen LogP contribution in [-0.4, -0.2) is 22.1 Å². The Morgan fingerprint density at radius 2 is 1.91 bits per heavy atom. The number of rotatable bonds is 6. The lowest BCUT2D eigenvalue weighted by molar-refractivity contribution is -0.140. The number of nitrogens with one attached hydrogen (secondary N) is 1. The van der Waals surface area contributed by atoms with Crippen molar-refractivity contribution in [2.24, 2.45) is 5.92 Å². The maximum Gasteiger partial charge on any atom is 0.320 e. The molecule has 0 spiro atoms. The quantitative estimate of drug-likeness (QED) is 0.861. The molecule has 2 N–H and O–H groups in total. The van der Waals surface area contributed by atoms with Gasteiger partial charge in [0.15, 0.2) is 0 Å². The van der Waals surface area contributed by atoms with E-state index in [-0.39, 0.29) is 18.3 Å². The zero-order valence-corrected chi connectivity index (χ0v) is 12.6. The Morgan fingerprint density at radius 3 is 2.45 bits per heavy atom. The van der Waals surface area contributed by atoms with Crippen LogP contribution in [0.15, 0.2) is 42.7 Å². The lowest BCUT2D eigenvalue weighted by Crippen LogP contribution is -2.40. The van der Waals surface area contributed by atoms with Gasteiger partial charge in [0.1, 0.15) is 11.9 Å². The van der Waals surface area contributed by atoms with Crippen LogP contribution >= 0.6 is 0 Å². The molecular formula is C17H19FN2O2. The van der Waals surface area contributed by atoms with Crippen LogP contribution in [-0.2, 0) is 11.3 Å². The molecule has 0 radical (unpaired) electrons. The summed E-state index contributed by atoms with van der Waals surface area (Å²) in [4.78, 5) is 15.1. The number of pyridine rings is 1. The number of nitrogens with zero attached hydrogens (tertiary/aromatic N) is 1. The molecule has 1 aromatic carbocycles. The van der Waals surface area contributed by atoms with E-state index in [2.05, 4.69) is 10.3 Å². The average molecular weight is 302 g/mol. The van der Waals surface area contributed by atoms with Crippen molar-refractivity contribution >= 4 is 5.97 Å². The van der Waals surface area contributed by atoms with Crippen molar-refractivity contribution in [2.75, 3.05) is 0 Å². The summed E-state index contributed by atoms with van der Waals surface area (Å²) < 4.78 is 14.2. The first-order valence-corrected chi connectivity index (χ1v) is 7.14. The average Bonchev–Trinajstić information content (AvgIpc) is 2.49. The van der Waals surface area contributed by atoms with Crippen molar-refractivity contribution < 1.29 is 14.3 Å². The van der Waals surface area contributed by atoms with Crippen LogP contribution in [0.5, 0.6) is 0 Å². The SMILES string of the molecule is CC(C)[C@@H](NCc1ccc(-c2ccncc2)cc1F)C(=O)O. The number of carboxylic acids is 1. The minimum absolute atomic E-state index is 0.0725. The molecule has 2 aromatic rings. The molecule has 5 heteroatoms. The first-order valence-electron chi connectivity index (χ1n) is 7.14. The molecule has 0 aliphatic carbocycles. The number of carbonyl (C=O) groups is 1. The van der Waals surface area contributed by atoms with Crippen LogP contribution in [0.25, 0.3) is 11.1 Å². The summed E-state index contributed by atoms with van der Waals surface area (Å²) in [5, 5.41) is 12.0. The predicted octanol–water partition coefficient (Wildman–Crippen LogP) is 3.09. The summed E-state index contributed by atoms with van der Waals surface area (Å²) in [6, 6.07) is 7.88. The van der Waals surface area contributed by atoms with E-state index in [9.17, 15) is 9.18 Å². The normalized spacial score (nSPS) is 12.4. The van der Waals surface area contributed by atoms with E-state index >= 15 is 0 Å². The monoisotopic (exact) mass is 302 g/mol. The number of carboxylic acid groups (broad SMARTS) is 1. The summed E-state index contributed by atoms with van der Waals surface area (Å²) >= 11 is 0. The Morgan fingerprint density at radius 1 is 1.23 bits per heavy atom. The maximum atomic E-state index is 14.2. The van der Waals surface area contributed by atoms with E-state index in [4.69, 9.17) is 5.11 Å². The van der Waals surface area contributed by atoms with E-state index in [0.717, 1.165) is 11.1 Å². The number of benzene rings is 1. The van der Waals surface area contributed by atoms with Crippen LogP contribution in [0.4, 0.5) is 4.39 Å². The molecule has 0 amide bonds. The van der Waals surface area contributed by atoms with Crippen molar-refractivity contribution in [1.29, 1.82) is 0 Å². The Balaban J connectivity index is 2.12. The van der Waals surface area contributed by atoms with Gasteiger partial charge in [-0.05, 0) is 35.2 Å². The standard InChI is InChI=1S/C17H19FN2O2/c1-11(2)16(17(21)22)20-10-14-4-3-13(9-15(14)18)12-5-7-19-8-6-12/h3-9,11,16,20H,10H2,1-2H3,(H,21,22)/t16-/m1/s1. The van der Waals surface area contributed by atoms with Gasteiger partial charge in [0.25, 0.3) is 0 Å². The van der Waals surface area contributed by atoms with E-state index in [1.807, 2.05) is 32.0 Å². The fourth-order valence-corrected chi connectivity index (χ4v) is 2.24. The molecule has 0 bridgehead atoms. The molecule has 0 fully saturated rings. The van der Waals surface area contributed by atoms with Crippen LogP contribution in [0, 0.1) is 11.7 Å². The van der Waals surface area contributed by atoms with Gasteiger partial charge in [-0.3, -0.25) is 15.1 Å². The zero-order valence-electron chi connectivity index (χ0n) is 12.6. The Labute approximate surface area is 129 Å². The highest BCUT2D eigenvalue weighted by Crippen LogP contribution is 2.21. The molecule has 0 saturated carbocycles. The van der Waals surface area contributed by atoms with E-state index in [1.54, 1.807) is 18.5 Å². The van der Waals surface area contributed by atoms with Gasteiger partial charge >= 0.3 is 5.97 Å². The number of aliphatic carboxylic acids is 1. The van der Waals surface area contributed by atoms with Crippen molar-refractivity contribution in [2.45, 2.75) is 26.4 Å². The largest absolute Gasteiger partial charge is 0.480 e. The zero-order chi connectivity index (χ0) is 16.1. The molecule has 0 aliphatic rings. The highest BCUT2D eigenvalue weighted by Gasteiger charge is 2.20. The van der Waals surface area contributed by atoms with Crippen LogP contribution < -0.4 is 5.32 Å². The lowest BCUT2D eigenvalue weighted by Gasteiger charge is -2.18. The van der Waals surface area contributed by atoms with Gasteiger partial charge in [-0.25, -0.2) is 4.39 Å². The fourth-order valence-electron chi connectivity index (χ4n) is 2.24. The molecule has 0 saturated heterocycles. The molecule has 0 aliphatic heterocycles. The number of halogens is 1. The molecule has 1 heterocycles. The second kappa shape index (κ2) is 7.13.